The van der Waals surface area contributed by atoms with Crippen LogP contribution in [-0.4, -0.2) is 0 Å². The Labute approximate surface area is 176 Å². The first-order valence-electron chi connectivity index (χ1n) is 10.1. The maximum absolute atomic E-state index is 6.45. The summed E-state index contributed by atoms with van der Waals surface area (Å²) < 4.78 is 0. The van der Waals surface area contributed by atoms with E-state index in [4.69, 9.17) is 5.73 Å². The van der Waals surface area contributed by atoms with Crippen molar-refractivity contribution in [1.29, 1.82) is 0 Å². The first-order valence-corrected chi connectivity index (χ1v) is 10.1. The molecule has 0 radical (unpaired) electrons. The summed E-state index contributed by atoms with van der Waals surface area (Å²) in [6.07, 6.45) is 0. The number of para-hydroxylation sites is 1. The Balaban J connectivity index is 1.76. The minimum Gasteiger partial charge on any atom is -0.397 e. The van der Waals surface area contributed by atoms with Crippen LogP contribution in [-0.2, 0) is 0 Å². The highest BCUT2D eigenvalue weighted by atomic mass is 14.9. The van der Waals surface area contributed by atoms with Gasteiger partial charge in [0.15, 0.2) is 0 Å². The van der Waals surface area contributed by atoms with Gasteiger partial charge in [0.1, 0.15) is 0 Å². The van der Waals surface area contributed by atoms with Crippen molar-refractivity contribution >= 4 is 27.8 Å². The summed E-state index contributed by atoms with van der Waals surface area (Å²) in [6.45, 7) is 0. The van der Waals surface area contributed by atoms with Crippen LogP contribution in [0, 0.1) is 0 Å². The minimum absolute atomic E-state index is 0.732. The SMILES string of the molecule is Nc1ccc2ccccc2c1Nc1c(-c2ccccc2)cccc1-c1ccccc1. The number of hydrogen-bond donors (Lipinski definition) is 2. The molecule has 5 aromatic rings. The van der Waals surface area contributed by atoms with Gasteiger partial charge in [-0.05, 0) is 22.6 Å². The molecule has 0 heterocycles. The molecule has 0 spiro atoms. The van der Waals surface area contributed by atoms with Gasteiger partial charge in [0.05, 0.1) is 17.1 Å². The van der Waals surface area contributed by atoms with Crippen molar-refractivity contribution in [1.82, 2.24) is 0 Å². The molecule has 0 bridgehead atoms. The lowest BCUT2D eigenvalue weighted by atomic mass is 9.95. The molecule has 30 heavy (non-hydrogen) atoms. The summed E-state index contributed by atoms with van der Waals surface area (Å²) in [5.41, 5.74) is 13.8. The zero-order valence-corrected chi connectivity index (χ0v) is 16.5. The molecule has 144 valence electrons. The van der Waals surface area contributed by atoms with Crippen LogP contribution >= 0.6 is 0 Å². The standard InChI is InChI=1S/C28H22N2/c29-26-19-18-22-14-7-8-15-25(22)28(26)30-27-23(20-10-3-1-4-11-20)16-9-17-24(27)21-12-5-2-6-13-21/h1-19,30H,29H2. The number of benzene rings is 5. The molecule has 0 aliphatic carbocycles. The van der Waals surface area contributed by atoms with E-state index in [9.17, 15) is 0 Å². The van der Waals surface area contributed by atoms with Crippen molar-refractivity contribution in [2.45, 2.75) is 0 Å². The monoisotopic (exact) mass is 386 g/mol. The molecule has 0 atom stereocenters. The molecule has 5 rings (SSSR count). The highest BCUT2D eigenvalue weighted by Crippen LogP contribution is 2.41. The molecule has 2 nitrogen and oxygen atoms in total. The second-order valence-corrected chi connectivity index (χ2v) is 7.34. The van der Waals surface area contributed by atoms with E-state index in [1.54, 1.807) is 0 Å². The van der Waals surface area contributed by atoms with Gasteiger partial charge < -0.3 is 11.1 Å². The van der Waals surface area contributed by atoms with E-state index in [0.717, 1.165) is 50.1 Å². The van der Waals surface area contributed by atoms with Gasteiger partial charge in [-0.3, -0.25) is 0 Å². The Morgan fingerprint density at radius 1 is 0.467 bits per heavy atom. The highest BCUT2D eigenvalue weighted by molar-refractivity contribution is 6.04. The predicted octanol–water partition coefficient (Wildman–Crippen LogP) is 7.50. The topological polar surface area (TPSA) is 38.0 Å². The molecule has 0 saturated heterocycles. The summed E-state index contributed by atoms with van der Waals surface area (Å²) in [7, 11) is 0. The van der Waals surface area contributed by atoms with E-state index in [0.29, 0.717) is 0 Å². The van der Waals surface area contributed by atoms with Crippen LogP contribution in [0.2, 0.25) is 0 Å². The average molecular weight is 386 g/mol. The Bertz CT molecular complexity index is 1250. The lowest BCUT2D eigenvalue weighted by Crippen LogP contribution is -2.01. The van der Waals surface area contributed by atoms with Crippen molar-refractivity contribution in [2.75, 3.05) is 11.1 Å². The Morgan fingerprint density at radius 3 is 1.67 bits per heavy atom. The van der Waals surface area contributed by atoms with E-state index in [1.165, 1.54) is 0 Å². The van der Waals surface area contributed by atoms with E-state index < -0.39 is 0 Å². The summed E-state index contributed by atoms with van der Waals surface area (Å²) in [4.78, 5) is 0. The number of fused-ring (bicyclic) bond motifs is 1. The third-order valence-electron chi connectivity index (χ3n) is 5.45. The van der Waals surface area contributed by atoms with Crippen LogP contribution in [0.3, 0.4) is 0 Å². The second-order valence-electron chi connectivity index (χ2n) is 7.34. The Hall–Kier alpha value is -4.04. The number of rotatable bonds is 4. The van der Waals surface area contributed by atoms with Gasteiger partial charge in [0.2, 0.25) is 0 Å². The third-order valence-corrected chi connectivity index (χ3v) is 5.45. The zero-order valence-electron chi connectivity index (χ0n) is 16.5. The normalized spacial score (nSPS) is 10.8. The van der Waals surface area contributed by atoms with Gasteiger partial charge in [-0.25, -0.2) is 0 Å². The molecule has 0 aliphatic rings. The molecule has 5 aromatic carbocycles. The summed E-state index contributed by atoms with van der Waals surface area (Å²) >= 11 is 0. The van der Waals surface area contributed by atoms with Crippen molar-refractivity contribution < 1.29 is 0 Å². The van der Waals surface area contributed by atoms with Crippen molar-refractivity contribution in [2.24, 2.45) is 0 Å². The lowest BCUT2D eigenvalue weighted by Gasteiger charge is -2.20. The van der Waals surface area contributed by atoms with Gasteiger partial charge >= 0.3 is 0 Å². The largest absolute Gasteiger partial charge is 0.397 e. The summed E-state index contributed by atoms with van der Waals surface area (Å²) in [5.74, 6) is 0. The fraction of sp³-hybridized carbons (Fsp3) is 0. The molecule has 0 saturated carbocycles. The fourth-order valence-electron chi connectivity index (χ4n) is 3.96. The molecule has 0 unspecified atom stereocenters. The first kappa shape index (κ1) is 18.0. The van der Waals surface area contributed by atoms with Crippen molar-refractivity contribution in [3.8, 4) is 22.3 Å². The molecule has 0 fully saturated rings. The molecule has 3 N–H and O–H groups in total. The number of nitrogens with two attached hydrogens (primary N) is 1. The van der Waals surface area contributed by atoms with Crippen LogP contribution in [0.5, 0.6) is 0 Å². The van der Waals surface area contributed by atoms with Gasteiger partial charge in [-0.2, -0.15) is 0 Å². The molecule has 2 heteroatoms. The average Bonchev–Trinajstić information content (AvgIpc) is 2.82. The van der Waals surface area contributed by atoms with Gasteiger partial charge in [0, 0.05) is 16.5 Å². The second kappa shape index (κ2) is 7.76. The zero-order chi connectivity index (χ0) is 20.3. The number of nitrogens with one attached hydrogen (secondary N) is 1. The first-order chi connectivity index (χ1) is 14.8. The number of hydrogen-bond acceptors (Lipinski definition) is 2. The summed E-state index contributed by atoms with van der Waals surface area (Å²) in [5, 5.41) is 5.99. The molecular weight excluding hydrogens is 364 g/mol. The lowest BCUT2D eigenvalue weighted by molar-refractivity contribution is 1.53. The highest BCUT2D eigenvalue weighted by Gasteiger charge is 2.14. The van der Waals surface area contributed by atoms with Crippen LogP contribution < -0.4 is 11.1 Å². The van der Waals surface area contributed by atoms with Gasteiger partial charge in [-0.15, -0.1) is 0 Å². The van der Waals surface area contributed by atoms with Crippen LogP contribution in [0.15, 0.2) is 115 Å². The van der Waals surface area contributed by atoms with Crippen LogP contribution in [0.25, 0.3) is 33.0 Å². The van der Waals surface area contributed by atoms with Crippen molar-refractivity contribution in [3.63, 3.8) is 0 Å². The predicted molar refractivity (Wildman–Crippen MR) is 129 cm³/mol. The van der Waals surface area contributed by atoms with Gasteiger partial charge in [0.25, 0.3) is 0 Å². The minimum atomic E-state index is 0.732. The van der Waals surface area contributed by atoms with Crippen LogP contribution in [0.1, 0.15) is 0 Å². The van der Waals surface area contributed by atoms with E-state index in [-0.39, 0.29) is 0 Å². The molecule has 0 aliphatic heterocycles. The number of nitrogen functional groups attached to an aromatic ring is 1. The quantitative estimate of drug-likeness (QED) is 0.314. The molecule has 0 aromatic heterocycles. The van der Waals surface area contributed by atoms with E-state index in [1.807, 2.05) is 24.3 Å². The van der Waals surface area contributed by atoms with E-state index >= 15 is 0 Å². The molecule has 0 amide bonds. The van der Waals surface area contributed by atoms with Crippen LogP contribution in [0.4, 0.5) is 17.1 Å². The van der Waals surface area contributed by atoms with Gasteiger partial charge in [-0.1, -0.05) is 109 Å². The Kier molecular flexibility index (Phi) is 4.66. The maximum atomic E-state index is 6.45. The van der Waals surface area contributed by atoms with Crippen molar-refractivity contribution in [3.05, 3.63) is 115 Å². The fourth-order valence-corrected chi connectivity index (χ4v) is 3.96. The smallest absolute Gasteiger partial charge is 0.0697 e. The summed E-state index contributed by atoms with van der Waals surface area (Å²) in [6, 6.07) is 39.7. The number of anilines is 3. The third kappa shape index (κ3) is 3.29. The maximum Gasteiger partial charge on any atom is 0.0697 e. The molecular formula is C28H22N2. The Morgan fingerprint density at radius 2 is 1.03 bits per heavy atom. The van der Waals surface area contributed by atoms with E-state index in [2.05, 4.69) is 96.3 Å².